The number of piperidine rings is 1. The standard InChI is InChI=1S/C14H12F3NO3/c15-9-4-7(5-10(16)12(9)17)11-3-1-2-8-6-21-14(20)13(19)18(8)11/h4-5,8,11H,1-3,6H2/t8?,11-/m0/s1. The number of halogens is 3. The molecule has 2 heterocycles. The van der Waals surface area contributed by atoms with E-state index in [0.717, 1.165) is 18.6 Å². The predicted octanol–water partition coefficient (Wildman–Crippen LogP) is 2.08. The number of hydrogen-bond donors (Lipinski definition) is 0. The van der Waals surface area contributed by atoms with Crippen molar-refractivity contribution in [2.45, 2.75) is 31.3 Å². The van der Waals surface area contributed by atoms with Crippen LogP contribution in [0.25, 0.3) is 0 Å². The third-order valence-corrected chi connectivity index (χ3v) is 3.95. The van der Waals surface area contributed by atoms with Crippen molar-refractivity contribution in [1.82, 2.24) is 4.90 Å². The highest BCUT2D eigenvalue weighted by Crippen LogP contribution is 2.37. The number of ether oxygens (including phenoxy) is 1. The molecule has 1 aromatic rings. The van der Waals surface area contributed by atoms with Gasteiger partial charge in [0, 0.05) is 0 Å². The van der Waals surface area contributed by atoms with Gasteiger partial charge in [-0.05, 0) is 37.0 Å². The third-order valence-electron chi connectivity index (χ3n) is 3.95. The highest BCUT2D eigenvalue weighted by molar-refractivity contribution is 6.33. The van der Waals surface area contributed by atoms with Crippen LogP contribution in [0.2, 0.25) is 0 Å². The molecule has 1 amide bonds. The summed E-state index contributed by atoms with van der Waals surface area (Å²) in [4.78, 5) is 24.7. The van der Waals surface area contributed by atoms with Crippen LogP contribution in [0.5, 0.6) is 0 Å². The van der Waals surface area contributed by atoms with Gasteiger partial charge in [-0.25, -0.2) is 18.0 Å². The van der Waals surface area contributed by atoms with Gasteiger partial charge in [-0.3, -0.25) is 4.79 Å². The molecule has 4 nitrogen and oxygen atoms in total. The fraction of sp³-hybridized carbons (Fsp3) is 0.429. The summed E-state index contributed by atoms with van der Waals surface area (Å²) in [5.41, 5.74) is 0.152. The van der Waals surface area contributed by atoms with Gasteiger partial charge in [0.2, 0.25) is 0 Å². The predicted molar refractivity (Wildman–Crippen MR) is 64.5 cm³/mol. The summed E-state index contributed by atoms with van der Waals surface area (Å²) in [6.07, 6.45) is 1.83. The smallest absolute Gasteiger partial charge is 0.397 e. The number of cyclic esters (lactones) is 1. The van der Waals surface area contributed by atoms with Gasteiger partial charge in [-0.2, -0.15) is 0 Å². The monoisotopic (exact) mass is 299 g/mol. The van der Waals surface area contributed by atoms with E-state index in [-0.39, 0.29) is 18.2 Å². The summed E-state index contributed by atoms with van der Waals surface area (Å²) < 4.78 is 44.6. The lowest BCUT2D eigenvalue weighted by molar-refractivity contribution is -0.175. The van der Waals surface area contributed by atoms with Crippen LogP contribution in [-0.2, 0) is 14.3 Å². The van der Waals surface area contributed by atoms with Gasteiger partial charge in [0.05, 0.1) is 12.1 Å². The molecular formula is C14H12F3NO3. The van der Waals surface area contributed by atoms with Gasteiger partial charge in [0.25, 0.3) is 0 Å². The number of rotatable bonds is 1. The number of carbonyl (C=O) groups is 2. The van der Waals surface area contributed by atoms with Gasteiger partial charge in [0.15, 0.2) is 17.5 Å². The number of benzene rings is 1. The number of fused-ring (bicyclic) bond motifs is 1. The summed E-state index contributed by atoms with van der Waals surface area (Å²) in [5, 5.41) is 0. The van der Waals surface area contributed by atoms with Crippen molar-refractivity contribution in [3.05, 3.63) is 35.1 Å². The summed E-state index contributed by atoms with van der Waals surface area (Å²) in [5.74, 6) is -5.95. The van der Waals surface area contributed by atoms with Crippen molar-refractivity contribution in [3.63, 3.8) is 0 Å². The van der Waals surface area contributed by atoms with Gasteiger partial charge in [-0.1, -0.05) is 0 Å². The van der Waals surface area contributed by atoms with Crippen molar-refractivity contribution in [1.29, 1.82) is 0 Å². The SMILES string of the molecule is O=C1OCC2CCC[C@@H](c3cc(F)c(F)c(F)c3)N2C1=O. The second kappa shape index (κ2) is 5.05. The molecular weight excluding hydrogens is 287 g/mol. The fourth-order valence-electron chi connectivity index (χ4n) is 2.98. The van der Waals surface area contributed by atoms with E-state index in [1.807, 2.05) is 0 Å². The second-order valence-electron chi connectivity index (χ2n) is 5.21. The Balaban J connectivity index is 2.00. The lowest BCUT2D eigenvalue weighted by Gasteiger charge is -2.43. The summed E-state index contributed by atoms with van der Waals surface area (Å²) in [6.45, 7) is 0.0766. The number of morpholine rings is 1. The molecule has 1 unspecified atom stereocenters. The van der Waals surface area contributed by atoms with E-state index >= 15 is 0 Å². The molecule has 2 atom stereocenters. The van der Waals surface area contributed by atoms with Crippen LogP contribution in [0.3, 0.4) is 0 Å². The van der Waals surface area contributed by atoms with E-state index in [4.69, 9.17) is 4.74 Å². The molecule has 0 bridgehead atoms. The minimum absolute atomic E-state index is 0.0766. The van der Waals surface area contributed by atoms with Gasteiger partial charge >= 0.3 is 11.9 Å². The molecule has 1 aromatic carbocycles. The van der Waals surface area contributed by atoms with E-state index in [1.165, 1.54) is 4.90 Å². The Morgan fingerprint density at radius 1 is 1.10 bits per heavy atom. The minimum Gasteiger partial charge on any atom is -0.456 e. The molecule has 2 fully saturated rings. The molecule has 112 valence electrons. The maximum Gasteiger partial charge on any atom is 0.397 e. The average molecular weight is 299 g/mol. The molecule has 0 aromatic heterocycles. The summed E-state index contributed by atoms with van der Waals surface area (Å²) in [6, 6.07) is 0.802. The first-order valence-electron chi connectivity index (χ1n) is 6.63. The Hall–Kier alpha value is -2.05. The van der Waals surface area contributed by atoms with Gasteiger partial charge < -0.3 is 9.64 Å². The van der Waals surface area contributed by atoms with Crippen molar-refractivity contribution >= 4 is 11.9 Å². The van der Waals surface area contributed by atoms with E-state index in [9.17, 15) is 22.8 Å². The Bertz CT molecular complexity index is 596. The highest BCUT2D eigenvalue weighted by atomic mass is 19.2. The van der Waals surface area contributed by atoms with Gasteiger partial charge in [0.1, 0.15) is 6.61 Å². The normalized spacial score (nSPS) is 25.6. The zero-order valence-electron chi connectivity index (χ0n) is 10.9. The molecule has 7 heteroatoms. The molecule has 0 radical (unpaired) electrons. The van der Waals surface area contributed by atoms with Crippen LogP contribution in [0, 0.1) is 17.5 Å². The van der Waals surface area contributed by atoms with E-state index in [1.54, 1.807) is 0 Å². The van der Waals surface area contributed by atoms with Crippen molar-refractivity contribution in [2.75, 3.05) is 6.61 Å². The lowest BCUT2D eigenvalue weighted by atomic mass is 9.90. The van der Waals surface area contributed by atoms with Crippen molar-refractivity contribution in [3.8, 4) is 0 Å². The Morgan fingerprint density at radius 3 is 2.43 bits per heavy atom. The molecule has 2 aliphatic rings. The number of amides is 1. The van der Waals surface area contributed by atoms with Crippen molar-refractivity contribution in [2.24, 2.45) is 0 Å². The quantitative estimate of drug-likeness (QED) is 0.453. The Labute approximate surface area is 118 Å². The van der Waals surface area contributed by atoms with Crippen LogP contribution in [0.4, 0.5) is 13.2 Å². The molecule has 2 saturated heterocycles. The molecule has 21 heavy (non-hydrogen) atoms. The number of esters is 1. The minimum atomic E-state index is -1.55. The van der Waals surface area contributed by atoms with Crippen molar-refractivity contribution < 1.29 is 27.5 Å². The maximum atomic E-state index is 13.4. The maximum absolute atomic E-state index is 13.4. The first-order chi connectivity index (χ1) is 9.99. The van der Waals surface area contributed by atoms with E-state index < -0.39 is 35.4 Å². The molecule has 3 rings (SSSR count). The molecule has 0 N–H and O–H groups in total. The van der Waals surface area contributed by atoms with E-state index in [2.05, 4.69) is 0 Å². The number of carbonyl (C=O) groups excluding carboxylic acids is 2. The second-order valence-corrected chi connectivity index (χ2v) is 5.21. The Kier molecular flexibility index (Phi) is 3.35. The zero-order chi connectivity index (χ0) is 15.1. The molecule has 0 aliphatic carbocycles. The van der Waals surface area contributed by atoms with Crippen LogP contribution in [0.15, 0.2) is 12.1 Å². The summed E-state index contributed by atoms with van der Waals surface area (Å²) >= 11 is 0. The van der Waals surface area contributed by atoms with Crippen LogP contribution in [-0.4, -0.2) is 29.4 Å². The Morgan fingerprint density at radius 2 is 1.76 bits per heavy atom. The van der Waals surface area contributed by atoms with Crippen LogP contribution < -0.4 is 0 Å². The highest BCUT2D eigenvalue weighted by Gasteiger charge is 2.42. The largest absolute Gasteiger partial charge is 0.456 e. The first kappa shape index (κ1) is 13.9. The van der Waals surface area contributed by atoms with Crippen LogP contribution >= 0.6 is 0 Å². The molecule has 0 saturated carbocycles. The van der Waals surface area contributed by atoms with E-state index in [0.29, 0.717) is 12.8 Å². The zero-order valence-corrected chi connectivity index (χ0v) is 10.9. The lowest BCUT2D eigenvalue weighted by Crippen LogP contribution is -2.55. The first-order valence-corrected chi connectivity index (χ1v) is 6.63. The third kappa shape index (κ3) is 2.26. The van der Waals surface area contributed by atoms with Crippen LogP contribution in [0.1, 0.15) is 30.9 Å². The summed E-state index contributed by atoms with van der Waals surface area (Å²) in [7, 11) is 0. The van der Waals surface area contributed by atoms with Gasteiger partial charge in [-0.15, -0.1) is 0 Å². The number of hydrogen-bond acceptors (Lipinski definition) is 3. The molecule has 0 spiro atoms. The molecule has 2 aliphatic heterocycles. The topological polar surface area (TPSA) is 46.6 Å². The number of nitrogens with zero attached hydrogens (tertiary/aromatic N) is 1. The fourth-order valence-corrected chi connectivity index (χ4v) is 2.98. The average Bonchev–Trinajstić information content (AvgIpc) is 2.47.